The molecule has 25 heavy (non-hydrogen) atoms. The normalized spacial score (nSPS) is 10.4. The van der Waals surface area contributed by atoms with Crippen LogP contribution in [0.5, 0.6) is 0 Å². The fraction of sp³-hybridized carbons (Fsp3) is 0.0667. The number of hydrogen-bond donors (Lipinski definition) is 1. The summed E-state index contributed by atoms with van der Waals surface area (Å²) in [4.78, 5) is 38.0. The highest BCUT2D eigenvalue weighted by molar-refractivity contribution is 7.13. The van der Waals surface area contributed by atoms with Gasteiger partial charge in [-0.3, -0.25) is 19.7 Å². The zero-order valence-corrected chi connectivity index (χ0v) is 13.5. The molecule has 0 saturated carbocycles. The summed E-state index contributed by atoms with van der Waals surface area (Å²) < 4.78 is 1.03. The van der Waals surface area contributed by atoms with Gasteiger partial charge in [-0.1, -0.05) is 0 Å². The van der Waals surface area contributed by atoms with Crippen LogP contribution in [0, 0.1) is 10.1 Å². The second kappa shape index (κ2) is 7.01. The lowest BCUT2D eigenvalue weighted by molar-refractivity contribution is -0.384. The number of thiazole rings is 1. The molecule has 0 bridgehead atoms. The van der Waals surface area contributed by atoms with E-state index < -0.39 is 16.4 Å². The third-order valence-electron chi connectivity index (χ3n) is 3.21. The number of aromatic nitrogens is 3. The molecule has 126 valence electrons. The Kier molecular flexibility index (Phi) is 4.61. The van der Waals surface area contributed by atoms with Crippen LogP contribution in [-0.4, -0.2) is 25.6 Å². The summed E-state index contributed by atoms with van der Waals surface area (Å²) in [5, 5.41) is 19.6. The van der Waals surface area contributed by atoms with Gasteiger partial charge in [0.25, 0.3) is 11.2 Å². The summed E-state index contributed by atoms with van der Waals surface area (Å²) >= 11 is 1.26. The van der Waals surface area contributed by atoms with Crippen molar-refractivity contribution in [3.8, 4) is 11.3 Å². The van der Waals surface area contributed by atoms with E-state index in [9.17, 15) is 19.7 Å². The number of anilines is 1. The topological polar surface area (TPSA) is 120 Å². The molecule has 3 aromatic rings. The monoisotopic (exact) mass is 357 g/mol. The fourth-order valence-corrected chi connectivity index (χ4v) is 2.60. The minimum atomic E-state index is -0.499. The summed E-state index contributed by atoms with van der Waals surface area (Å²) in [6.45, 7) is -0.265. The van der Waals surface area contributed by atoms with Gasteiger partial charge in [0.05, 0.1) is 10.6 Å². The van der Waals surface area contributed by atoms with E-state index in [-0.39, 0.29) is 12.2 Å². The van der Waals surface area contributed by atoms with Crippen molar-refractivity contribution in [1.82, 2.24) is 14.8 Å². The molecule has 0 aliphatic carbocycles. The van der Waals surface area contributed by atoms with Gasteiger partial charge in [0.15, 0.2) is 5.13 Å². The Hall–Kier alpha value is -3.40. The van der Waals surface area contributed by atoms with E-state index in [1.54, 1.807) is 11.6 Å². The van der Waals surface area contributed by atoms with Gasteiger partial charge in [-0.25, -0.2) is 9.67 Å². The van der Waals surface area contributed by atoms with E-state index in [1.165, 1.54) is 47.7 Å². The number of nitro benzene ring substituents is 1. The standard InChI is InChI=1S/C15H11N5O4S/c21-13(17-15-16-7-8-25-15)9-19-14(22)6-5-12(18-19)10-1-3-11(4-2-10)20(23)24/h1-8H,9H2,(H,16,17,21). The van der Waals surface area contributed by atoms with Gasteiger partial charge in [-0.15, -0.1) is 11.3 Å². The molecule has 3 rings (SSSR count). The molecule has 1 N–H and O–H groups in total. The van der Waals surface area contributed by atoms with Crippen LogP contribution in [0.4, 0.5) is 10.8 Å². The molecule has 0 saturated heterocycles. The number of nitrogens with one attached hydrogen (secondary N) is 1. The predicted molar refractivity (Wildman–Crippen MR) is 91.3 cm³/mol. The number of nitrogens with zero attached hydrogens (tertiary/aromatic N) is 4. The molecule has 0 spiro atoms. The molecule has 0 atom stereocenters. The Balaban J connectivity index is 1.81. The maximum Gasteiger partial charge on any atom is 0.269 e. The Morgan fingerprint density at radius 2 is 2.00 bits per heavy atom. The number of hydrogen-bond acceptors (Lipinski definition) is 7. The van der Waals surface area contributed by atoms with Crippen molar-refractivity contribution in [2.24, 2.45) is 0 Å². The minimum Gasteiger partial charge on any atom is -0.300 e. The predicted octanol–water partition coefficient (Wildman–Crippen LogP) is 1.91. The van der Waals surface area contributed by atoms with Crippen molar-refractivity contribution in [2.45, 2.75) is 6.54 Å². The Morgan fingerprint density at radius 3 is 2.64 bits per heavy atom. The van der Waals surface area contributed by atoms with Gasteiger partial charge in [-0.05, 0) is 18.2 Å². The van der Waals surface area contributed by atoms with Gasteiger partial charge in [0, 0.05) is 35.3 Å². The maximum atomic E-state index is 12.0. The first-order chi connectivity index (χ1) is 12.0. The van der Waals surface area contributed by atoms with Crippen LogP contribution in [-0.2, 0) is 11.3 Å². The molecule has 0 radical (unpaired) electrons. The van der Waals surface area contributed by atoms with E-state index in [4.69, 9.17) is 0 Å². The van der Waals surface area contributed by atoms with Crippen molar-refractivity contribution in [3.05, 3.63) is 68.4 Å². The first-order valence-electron chi connectivity index (χ1n) is 7.05. The van der Waals surface area contributed by atoms with Gasteiger partial charge < -0.3 is 5.32 Å². The van der Waals surface area contributed by atoms with E-state index in [0.717, 1.165) is 4.68 Å². The zero-order valence-electron chi connectivity index (χ0n) is 12.7. The Morgan fingerprint density at radius 1 is 1.24 bits per heavy atom. The summed E-state index contributed by atoms with van der Waals surface area (Å²) in [6.07, 6.45) is 1.56. The molecule has 0 aliphatic rings. The van der Waals surface area contributed by atoms with Crippen LogP contribution in [0.1, 0.15) is 0 Å². The first kappa shape index (κ1) is 16.5. The minimum absolute atomic E-state index is 0.0418. The Labute approximate surface area is 144 Å². The summed E-state index contributed by atoms with van der Waals surface area (Å²) in [5.41, 5.74) is 0.552. The van der Waals surface area contributed by atoms with Crippen LogP contribution in [0.25, 0.3) is 11.3 Å². The first-order valence-corrected chi connectivity index (χ1v) is 7.93. The van der Waals surface area contributed by atoms with Crippen LogP contribution >= 0.6 is 11.3 Å². The van der Waals surface area contributed by atoms with Crippen molar-refractivity contribution in [2.75, 3.05) is 5.32 Å². The molecular weight excluding hydrogens is 346 g/mol. The van der Waals surface area contributed by atoms with Crippen LogP contribution in [0.2, 0.25) is 0 Å². The summed E-state index contributed by atoms with van der Waals surface area (Å²) in [5.74, 6) is -0.426. The maximum absolute atomic E-state index is 12.0. The average Bonchev–Trinajstić information content (AvgIpc) is 3.10. The molecule has 10 heteroatoms. The van der Waals surface area contributed by atoms with Crippen LogP contribution in [0.3, 0.4) is 0 Å². The highest BCUT2D eigenvalue weighted by atomic mass is 32.1. The van der Waals surface area contributed by atoms with Crippen molar-refractivity contribution in [3.63, 3.8) is 0 Å². The molecule has 0 fully saturated rings. The second-order valence-electron chi connectivity index (χ2n) is 4.90. The van der Waals surface area contributed by atoms with Gasteiger partial charge in [-0.2, -0.15) is 5.10 Å². The number of amides is 1. The number of rotatable bonds is 5. The van der Waals surface area contributed by atoms with Gasteiger partial charge in [0.2, 0.25) is 5.91 Å². The smallest absolute Gasteiger partial charge is 0.269 e. The lowest BCUT2D eigenvalue weighted by Gasteiger charge is -2.07. The van der Waals surface area contributed by atoms with Gasteiger partial charge in [0.1, 0.15) is 6.54 Å². The highest BCUT2D eigenvalue weighted by Gasteiger charge is 2.10. The molecule has 0 aliphatic heterocycles. The van der Waals surface area contributed by atoms with Crippen molar-refractivity contribution < 1.29 is 9.72 Å². The Bertz CT molecular complexity index is 966. The van der Waals surface area contributed by atoms with Crippen LogP contribution < -0.4 is 10.9 Å². The third-order valence-corrected chi connectivity index (χ3v) is 3.90. The lowest BCUT2D eigenvalue weighted by atomic mass is 10.1. The number of non-ortho nitro benzene ring substituents is 1. The van der Waals surface area contributed by atoms with E-state index >= 15 is 0 Å². The molecule has 2 heterocycles. The quantitative estimate of drug-likeness (QED) is 0.550. The molecule has 1 amide bonds. The molecule has 1 aromatic carbocycles. The third kappa shape index (κ3) is 3.93. The second-order valence-corrected chi connectivity index (χ2v) is 5.80. The number of nitro groups is 1. The number of benzene rings is 1. The van der Waals surface area contributed by atoms with Gasteiger partial charge >= 0.3 is 0 Å². The highest BCUT2D eigenvalue weighted by Crippen LogP contribution is 2.19. The fourth-order valence-electron chi connectivity index (χ4n) is 2.05. The summed E-state index contributed by atoms with van der Waals surface area (Å²) in [6, 6.07) is 8.55. The van der Waals surface area contributed by atoms with E-state index in [0.29, 0.717) is 16.4 Å². The lowest BCUT2D eigenvalue weighted by Crippen LogP contribution is -2.29. The molecule has 9 nitrogen and oxygen atoms in total. The number of carbonyl (C=O) groups excluding carboxylic acids is 1. The molecular formula is C15H11N5O4S. The number of carbonyl (C=O) groups is 1. The summed E-state index contributed by atoms with van der Waals surface area (Å²) in [7, 11) is 0. The van der Waals surface area contributed by atoms with Crippen LogP contribution in [0.15, 0.2) is 52.8 Å². The zero-order chi connectivity index (χ0) is 17.8. The molecule has 2 aromatic heterocycles. The SMILES string of the molecule is O=C(Cn1nc(-c2ccc([N+](=O)[O-])cc2)ccc1=O)Nc1nccs1. The van der Waals surface area contributed by atoms with Crippen molar-refractivity contribution >= 4 is 28.1 Å². The van der Waals surface area contributed by atoms with E-state index in [1.807, 2.05) is 0 Å². The van der Waals surface area contributed by atoms with E-state index in [2.05, 4.69) is 15.4 Å². The average molecular weight is 357 g/mol. The van der Waals surface area contributed by atoms with Crippen molar-refractivity contribution in [1.29, 1.82) is 0 Å². The molecule has 0 unspecified atom stereocenters. The largest absolute Gasteiger partial charge is 0.300 e.